The Hall–Kier alpha value is -1.29. The molecule has 0 aliphatic heterocycles. The maximum atomic E-state index is 12.2. The van der Waals surface area contributed by atoms with Crippen molar-refractivity contribution in [2.24, 2.45) is 0 Å². The molecule has 18 heavy (non-hydrogen) atoms. The SMILES string of the molecule is C#CCN(C)S(=O)(=O)c1cc(CNCC)oc1C. The molecule has 1 heterocycles. The average Bonchev–Trinajstić information content (AvgIpc) is 2.69. The number of furan rings is 1. The summed E-state index contributed by atoms with van der Waals surface area (Å²) in [5, 5.41) is 3.08. The molecule has 1 rings (SSSR count). The van der Waals surface area contributed by atoms with Gasteiger partial charge in [-0.2, -0.15) is 4.31 Å². The summed E-state index contributed by atoms with van der Waals surface area (Å²) in [7, 11) is -2.12. The van der Waals surface area contributed by atoms with E-state index in [1.165, 1.54) is 7.05 Å². The van der Waals surface area contributed by atoms with Crippen LogP contribution in [-0.2, 0) is 16.6 Å². The third-order valence-corrected chi connectivity index (χ3v) is 4.39. The van der Waals surface area contributed by atoms with Crippen LogP contribution in [0, 0.1) is 19.3 Å². The fourth-order valence-electron chi connectivity index (χ4n) is 1.50. The van der Waals surface area contributed by atoms with E-state index in [-0.39, 0.29) is 11.4 Å². The van der Waals surface area contributed by atoms with Crippen molar-refractivity contribution in [2.45, 2.75) is 25.3 Å². The summed E-state index contributed by atoms with van der Waals surface area (Å²) in [6.45, 7) is 4.93. The lowest BCUT2D eigenvalue weighted by atomic mass is 10.4. The second-order valence-corrected chi connectivity index (χ2v) is 5.89. The van der Waals surface area contributed by atoms with E-state index in [9.17, 15) is 8.42 Å². The van der Waals surface area contributed by atoms with Gasteiger partial charge < -0.3 is 9.73 Å². The van der Waals surface area contributed by atoms with E-state index < -0.39 is 10.0 Å². The molecule has 0 saturated carbocycles. The third kappa shape index (κ3) is 3.13. The van der Waals surface area contributed by atoms with Gasteiger partial charge in [0.25, 0.3) is 0 Å². The molecule has 0 fully saturated rings. The first-order valence-electron chi connectivity index (χ1n) is 5.63. The van der Waals surface area contributed by atoms with Gasteiger partial charge >= 0.3 is 0 Å². The van der Waals surface area contributed by atoms with Crippen LogP contribution in [0.4, 0.5) is 0 Å². The van der Waals surface area contributed by atoms with E-state index in [0.717, 1.165) is 10.8 Å². The maximum absolute atomic E-state index is 12.2. The molecule has 0 radical (unpaired) electrons. The van der Waals surface area contributed by atoms with Crippen molar-refractivity contribution in [3.05, 3.63) is 17.6 Å². The fourth-order valence-corrected chi connectivity index (χ4v) is 2.76. The highest BCUT2D eigenvalue weighted by atomic mass is 32.2. The van der Waals surface area contributed by atoms with Gasteiger partial charge in [-0.05, 0) is 13.5 Å². The Bertz CT molecular complexity index is 540. The van der Waals surface area contributed by atoms with Crippen LogP contribution in [0.3, 0.4) is 0 Å². The molecule has 0 aliphatic carbocycles. The number of rotatable bonds is 6. The van der Waals surface area contributed by atoms with E-state index in [0.29, 0.717) is 18.1 Å². The van der Waals surface area contributed by atoms with Gasteiger partial charge in [0.2, 0.25) is 10.0 Å². The molecule has 1 aromatic rings. The number of sulfonamides is 1. The van der Waals surface area contributed by atoms with Crippen LogP contribution in [0.15, 0.2) is 15.4 Å². The van der Waals surface area contributed by atoms with Crippen LogP contribution in [0.25, 0.3) is 0 Å². The highest BCUT2D eigenvalue weighted by molar-refractivity contribution is 7.89. The minimum atomic E-state index is -3.57. The van der Waals surface area contributed by atoms with Crippen molar-refractivity contribution in [3.8, 4) is 12.3 Å². The number of hydrogen-bond acceptors (Lipinski definition) is 4. The predicted molar refractivity (Wildman–Crippen MR) is 69.5 cm³/mol. The molecular formula is C12H18N2O3S. The number of aryl methyl sites for hydroxylation is 1. The van der Waals surface area contributed by atoms with Gasteiger partial charge in [-0.3, -0.25) is 0 Å². The third-order valence-electron chi connectivity index (χ3n) is 2.47. The van der Waals surface area contributed by atoms with E-state index >= 15 is 0 Å². The molecule has 1 aromatic heterocycles. The molecular weight excluding hydrogens is 252 g/mol. The molecule has 0 amide bonds. The molecule has 0 aliphatic rings. The van der Waals surface area contributed by atoms with Gasteiger partial charge in [0.15, 0.2) is 0 Å². The summed E-state index contributed by atoms with van der Waals surface area (Å²) in [6, 6.07) is 1.54. The van der Waals surface area contributed by atoms with Crippen LogP contribution in [0.5, 0.6) is 0 Å². The minimum Gasteiger partial charge on any atom is -0.464 e. The zero-order valence-electron chi connectivity index (χ0n) is 10.9. The van der Waals surface area contributed by atoms with Crippen molar-refractivity contribution in [2.75, 3.05) is 20.1 Å². The van der Waals surface area contributed by atoms with Gasteiger partial charge in [-0.15, -0.1) is 6.42 Å². The lowest BCUT2D eigenvalue weighted by Crippen LogP contribution is -2.27. The van der Waals surface area contributed by atoms with Gasteiger partial charge in [0.1, 0.15) is 16.4 Å². The highest BCUT2D eigenvalue weighted by Gasteiger charge is 2.25. The average molecular weight is 270 g/mol. The van der Waals surface area contributed by atoms with Crippen molar-refractivity contribution < 1.29 is 12.8 Å². The topological polar surface area (TPSA) is 62.6 Å². The van der Waals surface area contributed by atoms with Crippen LogP contribution in [-0.4, -0.2) is 32.9 Å². The molecule has 0 unspecified atom stereocenters. The van der Waals surface area contributed by atoms with Crippen LogP contribution >= 0.6 is 0 Å². The maximum Gasteiger partial charge on any atom is 0.247 e. The lowest BCUT2D eigenvalue weighted by Gasteiger charge is -2.12. The fraction of sp³-hybridized carbons (Fsp3) is 0.500. The summed E-state index contributed by atoms with van der Waals surface area (Å²) in [4.78, 5) is 0.174. The van der Waals surface area contributed by atoms with Crippen molar-refractivity contribution in [3.63, 3.8) is 0 Å². The van der Waals surface area contributed by atoms with Gasteiger partial charge in [-0.25, -0.2) is 8.42 Å². The predicted octanol–water partition coefficient (Wildman–Crippen LogP) is 0.951. The first-order valence-corrected chi connectivity index (χ1v) is 7.07. The summed E-state index contributed by atoms with van der Waals surface area (Å²) in [6.07, 6.45) is 5.12. The minimum absolute atomic E-state index is 0.0372. The molecule has 0 spiro atoms. The first-order chi connectivity index (χ1) is 8.43. The Morgan fingerprint density at radius 2 is 2.22 bits per heavy atom. The Morgan fingerprint density at radius 3 is 2.78 bits per heavy atom. The Morgan fingerprint density at radius 1 is 1.56 bits per heavy atom. The van der Waals surface area contributed by atoms with Gasteiger partial charge in [0.05, 0.1) is 13.1 Å². The Labute approximate surface area is 108 Å². The van der Waals surface area contributed by atoms with Gasteiger partial charge in [-0.1, -0.05) is 12.8 Å². The monoisotopic (exact) mass is 270 g/mol. The summed E-state index contributed by atoms with van der Waals surface area (Å²) in [5.74, 6) is 3.29. The quantitative estimate of drug-likeness (QED) is 0.782. The normalized spacial score (nSPS) is 11.7. The Kier molecular flexibility index (Phi) is 4.96. The molecule has 100 valence electrons. The van der Waals surface area contributed by atoms with E-state index in [4.69, 9.17) is 10.8 Å². The summed E-state index contributed by atoms with van der Waals surface area (Å²) in [5.41, 5.74) is 0. The number of nitrogens with one attached hydrogen (secondary N) is 1. The standard InChI is InChI=1S/C12H18N2O3S/c1-5-7-14(4)18(15,16)12-8-11(9-13-6-2)17-10(12)3/h1,8,13H,6-7,9H2,2-4H3. The lowest BCUT2D eigenvalue weighted by molar-refractivity contribution is 0.457. The molecule has 1 N–H and O–H groups in total. The zero-order valence-corrected chi connectivity index (χ0v) is 11.7. The van der Waals surface area contributed by atoms with Crippen molar-refractivity contribution in [1.82, 2.24) is 9.62 Å². The molecule has 5 nitrogen and oxygen atoms in total. The van der Waals surface area contributed by atoms with E-state index in [2.05, 4.69) is 11.2 Å². The largest absolute Gasteiger partial charge is 0.464 e. The van der Waals surface area contributed by atoms with E-state index in [1.54, 1.807) is 13.0 Å². The molecule has 6 heteroatoms. The van der Waals surface area contributed by atoms with Crippen LogP contribution in [0.2, 0.25) is 0 Å². The second kappa shape index (κ2) is 6.05. The Balaban J connectivity index is 3.03. The van der Waals surface area contributed by atoms with Gasteiger partial charge in [0, 0.05) is 13.1 Å². The number of hydrogen-bond donors (Lipinski definition) is 1. The van der Waals surface area contributed by atoms with Crippen molar-refractivity contribution in [1.29, 1.82) is 0 Å². The van der Waals surface area contributed by atoms with Crippen LogP contribution < -0.4 is 5.32 Å². The van der Waals surface area contributed by atoms with Crippen molar-refractivity contribution >= 4 is 10.0 Å². The first kappa shape index (κ1) is 14.8. The number of terminal acetylenes is 1. The van der Waals surface area contributed by atoms with E-state index in [1.807, 2.05) is 6.92 Å². The molecule has 0 atom stereocenters. The number of nitrogens with zero attached hydrogens (tertiary/aromatic N) is 1. The molecule has 0 saturated heterocycles. The zero-order chi connectivity index (χ0) is 13.8. The smallest absolute Gasteiger partial charge is 0.247 e. The van der Waals surface area contributed by atoms with Crippen LogP contribution in [0.1, 0.15) is 18.4 Å². The highest BCUT2D eigenvalue weighted by Crippen LogP contribution is 2.22. The summed E-state index contributed by atoms with van der Waals surface area (Å²) < 4.78 is 30.9. The second-order valence-electron chi connectivity index (χ2n) is 3.88. The molecule has 0 bridgehead atoms. The summed E-state index contributed by atoms with van der Waals surface area (Å²) >= 11 is 0. The molecule has 0 aromatic carbocycles.